The topological polar surface area (TPSA) is 43.4 Å². The average Bonchev–Trinajstić information content (AvgIpc) is 2.45. The van der Waals surface area contributed by atoms with Gasteiger partial charge in [0.15, 0.2) is 0 Å². The van der Waals surface area contributed by atoms with Crippen LogP contribution < -0.4 is 4.18 Å². The van der Waals surface area contributed by atoms with Crippen LogP contribution in [0.2, 0.25) is 0 Å². The summed E-state index contributed by atoms with van der Waals surface area (Å²) in [7, 11) is -6.91. The Morgan fingerprint density at radius 3 is 1.58 bits per heavy atom. The predicted octanol–water partition coefficient (Wildman–Crippen LogP) is 4.94. The van der Waals surface area contributed by atoms with Crippen molar-refractivity contribution in [1.29, 1.82) is 0 Å². The second kappa shape index (κ2) is 6.50. The SMILES string of the molecule is CC(C)c1ccc(OS(=O)(=O)C(F)(F)C(F)(F)C(F)(F)C(F)(F)F)cc1. The fraction of sp³-hybridized carbons (Fsp3) is 0.538. The van der Waals surface area contributed by atoms with Gasteiger partial charge in [0.05, 0.1) is 0 Å². The zero-order chi connectivity index (χ0) is 20.8. The lowest BCUT2D eigenvalue weighted by atomic mass is 10.0. The molecule has 1 aromatic rings. The molecule has 0 unspecified atom stereocenters. The minimum atomic E-state index is -7.33. The van der Waals surface area contributed by atoms with Crippen molar-refractivity contribution in [3.63, 3.8) is 0 Å². The lowest BCUT2D eigenvalue weighted by Crippen LogP contribution is -2.63. The van der Waals surface area contributed by atoms with E-state index in [2.05, 4.69) is 4.18 Å². The summed E-state index contributed by atoms with van der Waals surface area (Å²) in [6.07, 6.45) is -7.13. The highest BCUT2D eigenvalue weighted by atomic mass is 32.2. The summed E-state index contributed by atoms with van der Waals surface area (Å²) in [5, 5.41) is -6.88. The summed E-state index contributed by atoms with van der Waals surface area (Å²) in [6.45, 7) is 3.39. The second-order valence-electron chi connectivity index (χ2n) is 5.42. The summed E-state index contributed by atoms with van der Waals surface area (Å²) in [5.41, 5.74) is 0.551. The van der Waals surface area contributed by atoms with E-state index in [1.54, 1.807) is 13.8 Å². The Bertz CT molecular complexity index is 737. The van der Waals surface area contributed by atoms with Gasteiger partial charge in [-0.25, -0.2) is 0 Å². The number of alkyl halides is 9. The highest BCUT2D eigenvalue weighted by Gasteiger charge is 2.86. The van der Waals surface area contributed by atoms with Crippen molar-refractivity contribution in [1.82, 2.24) is 0 Å². The molecule has 0 spiro atoms. The van der Waals surface area contributed by atoms with Crippen LogP contribution in [0.15, 0.2) is 24.3 Å². The molecule has 150 valence electrons. The Morgan fingerprint density at radius 2 is 1.23 bits per heavy atom. The third-order valence-electron chi connectivity index (χ3n) is 3.18. The van der Waals surface area contributed by atoms with E-state index < -0.39 is 39.1 Å². The van der Waals surface area contributed by atoms with Crippen molar-refractivity contribution in [2.45, 2.75) is 43.0 Å². The molecule has 3 nitrogen and oxygen atoms in total. The maximum Gasteiger partial charge on any atom is 0.460 e. The highest BCUT2D eigenvalue weighted by molar-refractivity contribution is 7.88. The maximum atomic E-state index is 13.5. The first kappa shape index (κ1) is 22.4. The fourth-order valence-electron chi connectivity index (χ4n) is 1.61. The molecule has 0 N–H and O–H groups in total. The maximum absolute atomic E-state index is 13.5. The van der Waals surface area contributed by atoms with Gasteiger partial charge in [-0.2, -0.15) is 47.9 Å². The lowest BCUT2D eigenvalue weighted by molar-refractivity contribution is -0.382. The Labute approximate surface area is 141 Å². The van der Waals surface area contributed by atoms with Gasteiger partial charge in [0.25, 0.3) is 0 Å². The number of halogens is 9. The van der Waals surface area contributed by atoms with Gasteiger partial charge in [-0.3, -0.25) is 0 Å². The van der Waals surface area contributed by atoms with E-state index >= 15 is 0 Å². The number of hydrogen-bond acceptors (Lipinski definition) is 3. The van der Waals surface area contributed by atoms with E-state index in [0.717, 1.165) is 24.3 Å². The summed E-state index contributed by atoms with van der Waals surface area (Å²) >= 11 is 0. The monoisotopic (exact) mass is 418 g/mol. The molecular weight excluding hydrogens is 407 g/mol. The fourth-order valence-corrected chi connectivity index (χ4v) is 2.52. The van der Waals surface area contributed by atoms with Crippen LogP contribution in [0.25, 0.3) is 0 Å². The van der Waals surface area contributed by atoms with E-state index in [1.807, 2.05) is 0 Å². The van der Waals surface area contributed by atoms with E-state index in [0.29, 0.717) is 5.56 Å². The summed E-state index contributed by atoms with van der Waals surface area (Å²) in [5.74, 6) is -15.7. The molecule has 0 heterocycles. The van der Waals surface area contributed by atoms with Crippen LogP contribution in [0, 0.1) is 0 Å². The smallest absolute Gasteiger partial charge is 0.378 e. The van der Waals surface area contributed by atoms with Crippen molar-refractivity contribution in [2.75, 3.05) is 0 Å². The molecule has 0 amide bonds. The van der Waals surface area contributed by atoms with Gasteiger partial charge >= 0.3 is 33.4 Å². The Hall–Kier alpha value is -1.66. The van der Waals surface area contributed by atoms with Gasteiger partial charge in [-0.15, -0.1) is 0 Å². The molecule has 0 fully saturated rings. The quantitative estimate of drug-likeness (QED) is 0.485. The molecule has 0 aliphatic heterocycles. The standard InChI is InChI=1S/C13H11F9O3S/c1-7(2)8-3-5-9(6-4-8)25-26(23,24)13(21,22)11(16,17)10(14,15)12(18,19)20/h3-7H,1-2H3. The molecule has 13 heteroatoms. The van der Waals surface area contributed by atoms with E-state index in [9.17, 15) is 47.9 Å². The molecule has 0 aromatic heterocycles. The number of benzene rings is 1. The molecule has 0 atom stereocenters. The molecule has 1 rings (SSSR count). The van der Waals surface area contributed by atoms with Crippen LogP contribution in [0.4, 0.5) is 39.5 Å². The third-order valence-corrected chi connectivity index (χ3v) is 4.48. The molecular formula is C13H11F9O3S. The summed E-state index contributed by atoms with van der Waals surface area (Å²) in [6, 6.07) is 3.83. The minimum Gasteiger partial charge on any atom is -0.378 e. The Balaban J connectivity index is 3.28. The van der Waals surface area contributed by atoms with Crippen LogP contribution in [-0.4, -0.2) is 31.7 Å². The molecule has 1 aromatic carbocycles. The zero-order valence-electron chi connectivity index (χ0n) is 12.9. The molecule has 0 bridgehead atoms. The largest absolute Gasteiger partial charge is 0.460 e. The van der Waals surface area contributed by atoms with E-state index in [-0.39, 0.29) is 5.92 Å². The molecule has 0 saturated heterocycles. The van der Waals surface area contributed by atoms with Gasteiger partial charge < -0.3 is 4.18 Å². The molecule has 0 radical (unpaired) electrons. The van der Waals surface area contributed by atoms with Crippen molar-refractivity contribution in [2.24, 2.45) is 0 Å². The van der Waals surface area contributed by atoms with Crippen LogP contribution in [0.5, 0.6) is 5.75 Å². The van der Waals surface area contributed by atoms with Crippen molar-refractivity contribution < 1.29 is 52.1 Å². The highest BCUT2D eigenvalue weighted by Crippen LogP contribution is 2.54. The first-order chi connectivity index (χ1) is 11.4. The van der Waals surface area contributed by atoms with Crippen LogP contribution in [0.1, 0.15) is 25.3 Å². The summed E-state index contributed by atoms with van der Waals surface area (Å²) in [4.78, 5) is 0. The molecule has 0 saturated carbocycles. The molecule has 0 aliphatic rings. The lowest BCUT2D eigenvalue weighted by Gasteiger charge is -2.32. The number of rotatable bonds is 6. The van der Waals surface area contributed by atoms with Crippen LogP contribution >= 0.6 is 0 Å². The van der Waals surface area contributed by atoms with Crippen molar-refractivity contribution in [3.8, 4) is 5.75 Å². The van der Waals surface area contributed by atoms with E-state index in [1.165, 1.54) is 0 Å². The van der Waals surface area contributed by atoms with Crippen molar-refractivity contribution in [3.05, 3.63) is 29.8 Å². The van der Waals surface area contributed by atoms with Gasteiger partial charge in [0, 0.05) is 0 Å². The first-order valence-corrected chi connectivity index (χ1v) is 8.03. The van der Waals surface area contributed by atoms with Crippen LogP contribution in [-0.2, 0) is 10.1 Å². The van der Waals surface area contributed by atoms with Gasteiger partial charge in [0.1, 0.15) is 5.75 Å². The molecule has 26 heavy (non-hydrogen) atoms. The zero-order valence-corrected chi connectivity index (χ0v) is 13.7. The molecule has 0 aliphatic carbocycles. The minimum absolute atomic E-state index is 0.100. The average molecular weight is 418 g/mol. The van der Waals surface area contributed by atoms with Crippen LogP contribution in [0.3, 0.4) is 0 Å². The second-order valence-corrected chi connectivity index (χ2v) is 7.01. The van der Waals surface area contributed by atoms with Gasteiger partial charge in [0.2, 0.25) is 0 Å². The van der Waals surface area contributed by atoms with E-state index in [4.69, 9.17) is 0 Å². The Morgan fingerprint density at radius 1 is 0.808 bits per heavy atom. The number of hydrogen-bond donors (Lipinski definition) is 0. The van der Waals surface area contributed by atoms with Gasteiger partial charge in [-0.1, -0.05) is 26.0 Å². The normalized spacial score (nSPS) is 14.6. The third kappa shape index (κ3) is 3.58. The summed E-state index contributed by atoms with van der Waals surface area (Å²) < 4.78 is 141. The Kier molecular flexibility index (Phi) is 5.59. The predicted molar refractivity (Wildman–Crippen MR) is 71.0 cm³/mol. The van der Waals surface area contributed by atoms with Crippen molar-refractivity contribution >= 4 is 10.1 Å². The first-order valence-electron chi connectivity index (χ1n) is 6.62. The van der Waals surface area contributed by atoms with Gasteiger partial charge in [-0.05, 0) is 23.6 Å².